The van der Waals surface area contributed by atoms with E-state index in [1.165, 1.54) is 6.07 Å². The van der Waals surface area contributed by atoms with Gasteiger partial charge in [0.05, 0.1) is 6.61 Å². The number of methoxy groups -OCH3 is 1. The summed E-state index contributed by atoms with van der Waals surface area (Å²) in [5.74, 6) is -0.248. The average molecular weight is 297 g/mol. The van der Waals surface area contributed by atoms with Crippen molar-refractivity contribution >= 4 is 0 Å². The summed E-state index contributed by atoms with van der Waals surface area (Å²) >= 11 is 0. The molecule has 1 aromatic rings. The molecule has 1 aliphatic carbocycles. The molecular formula is C17H25F2NO. The molecule has 0 aliphatic heterocycles. The predicted molar refractivity (Wildman–Crippen MR) is 80.4 cm³/mol. The van der Waals surface area contributed by atoms with E-state index in [9.17, 15) is 8.78 Å². The quantitative estimate of drug-likeness (QED) is 0.809. The fourth-order valence-corrected chi connectivity index (χ4v) is 3.28. The second-order valence-corrected chi connectivity index (χ2v) is 6.26. The third-order valence-electron chi connectivity index (χ3n) is 4.68. The van der Waals surface area contributed by atoms with Crippen LogP contribution in [0.15, 0.2) is 18.2 Å². The maximum atomic E-state index is 14.3. The lowest BCUT2D eigenvalue weighted by atomic mass is 9.66. The molecular weight excluding hydrogens is 272 g/mol. The van der Waals surface area contributed by atoms with Gasteiger partial charge >= 0.3 is 0 Å². The van der Waals surface area contributed by atoms with Gasteiger partial charge in [-0.1, -0.05) is 13.0 Å². The molecule has 1 aromatic carbocycles. The summed E-state index contributed by atoms with van der Waals surface area (Å²) in [5.41, 5.74) is 0.429. The molecule has 0 radical (unpaired) electrons. The van der Waals surface area contributed by atoms with Crippen molar-refractivity contribution in [1.82, 2.24) is 5.32 Å². The van der Waals surface area contributed by atoms with Gasteiger partial charge in [-0.05, 0) is 43.2 Å². The van der Waals surface area contributed by atoms with Crippen molar-refractivity contribution in [3.05, 3.63) is 35.4 Å². The van der Waals surface area contributed by atoms with Crippen LogP contribution < -0.4 is 5.32 Å². The Morgan fingerprint density at radius 3 is 2.62 bits per heavy atom. The monoisotopic (exact) mass is 297 g/mol. The summed E-state index contributed by atoms with van der Waals surface area (Å²) in [4.78, 5) is 0. The van der Waals surface area contributed by atoms with Crippen molar-refractivity contribution in [2.45, 2.75) is 38.0 Å². The van der Waals surface area contributed by atoms with Crippen molar-refractivity contribution in [2.75, 3.05) is 26.8 Å². The summed E-state index contributed by atoms with van der Waals surface area (Å²) in [5, 5.41) is 3.37. The van der Waals surface area contributed by atoms with Gasteiger partial charge in [0.1, 0.15) is 11.6 Å². The molecule has 21 heavy (non-hydrogen) atoms. The Hall–Kier alpha value is -1.00. The van der Waals surface area contributed by atoms with E-state index < -0.39 is 11.6 Å². The van der Waals surface area contributed by atoms with Crippen molar-refractivity contribution in [1.29, 1.82) is 0 Å². The minimum Gasteiger partial charge on any atom is -0.383 e. The normalized spacial score (nSPS) is 26.0. The Kier molecular flexibility index (Phi) is 5.71. The van der Waals surface area contributed by atoms with Gasteiger partial charge in [-0.15, -0.1) is 0 Å². The highest BCUT2D eigenvalue weighted by Crippen LogP contribution is 2.42. The predicted octanol–water partition coefficient (Wildman–Crippen LogP) is 3.65. The largest absolute Gasteiger partial charge is 0.383 e. The van der Waals surface area contributed by atoms with Crippen molar-refractivity contribution in [2.24, 2.45) is 5.92 Å². The number of ether oxygens (including phenoxy) is 1. The Bertz CT molecular complexity index is 456. The molecule has 0 bridgehead atoms. The Morgan fingerprint density at radius 2 is 2.00 bits per heavy atom. The van der Waals surface area contributed by atoms with Gasteiger partial charge in [-0.25, -0.2) is 8.78 Å². The second kappa shape index (κ2) is 7.32. The zero-order chi connectivity index (χ0) is 15.3. The first-order valence-electron chi connectivity index (χ1n) is 7.72. The SMILES string of the molecule is COCCNCC1(c2ccc(F)cc2F)CCC(C)CC1. The standard InChI is InChI=1S/C17H25F2NO/c1-13-5-7-17(8-6-13,12-20-9-10-21-2)15-4-3-14(18)11-16(15)19/h3-4,11,13,20H,5-10,12H2,1-2H3. The number of halogens is 2. The number of hydrogen-bond donors (Lipinski definition) is 1. The lowest BCUT2D eigenvalue weighted by Crippen LogP contribution is -2.42. The van der Waals surface area contributed by atoms with E-state index in [1.54, 1.807) is 13.2 Å². The van der Waals surface area contributed by atoms with Crippen LogP contribution >= 0.6 is 0 Å². The lowest BCUT2D eigenvalue weighted by molar-refractivity contribution is 0.186. The molecule has 2 rings (SSSR count). The molecule has 0 saturated heterocycles. The van der Waals surface area contributed by atoms with Gasteiger partial charge in [0.15, 0.2) is 0 Å². The van der Waals surface area contributed by atoms with Crippen LogP contribution in [0.1, 0.15) is 38.2 Å². The van der Waals surface area contributed by atoms with Crippen LogP contribution in [0.5, 0.6) is 0 Å². The fourth-order valence-electron chi connectivity index (χ4n) is 3.28. The molecule has 1 saturated carbocycles. The highest BCUT2D eigenvalue weighted by Gasteiger charge is 2.37. The van der Waals surface area contributed by atoms with Gasteiger partial charge in [0.2, 0.25) is 0 Å². The summed E-state index contributed by atoms with van der Waals surface area (Å²) < 4.78 is 32.5. The molecule has 0 spiro atoms. The van der Waals surface area contributed by atoms with Gasteiger partial charge in [0, 0.05) is 31.7 Å². The summed E-state index contributed by atoms with van der Waals surface area (Å²) in [6, 6.07) is 4.00. The van der Waals surface area contributed by atoms with Crippen LogP contribution in [0.25, 0.3) is 0 Å². The summed E-state index contributed by atoms with van der Waals surface area (Å²) in [6.45, 7) is 4.34. The molecule has 0 heterocycles. The van der Waals surface area contributed by atoms with E-state index in [1.807, 2.05) is 0 Å². The van der Waals surface area contributed by atoms with Crippen molar-refractivity contribution < 1.29 is 13.5 Å². The first-order chi connectivity index (χ1) is 10.1. The van der Waals surface area contributed by atoms with Crippen LogP contribution in [0, 0.1) is 17.6 Å². The van der Waals surface area contributed by atoms with Gasteiger partial charge < -0.3 is 10.1 Å². The molecule has 0 aromatic heterocycles. The fraction of sp³-hybridized carbons (Fsp3) is 0.647. The Labute approximate surface area is 125 Å². The van der Waals surface area contributed by atoms with E-state index in [4.69, 9.17) is 4.74 Å². The third-order valence-corrected chi connectivity index (χ3v) is 4.68. The molecule has 0 amide bonds. The molecule has 2 nitrogen and oxygen atoms in total. The Morgan fingerprint density at radius 1 is 1.29 bits per heavy atom. The zero-order valence-corrected chi connectivity index (χ0v) is 12.9. The maximum Gasteiger partial charge on any atom is 0.129 e. The van der Waals surface area contributed by atoms with E-state index in [0.29, 0.717) is 24.6 Å². The molecule has 0 unspecified atom stereocenters. The second-order valence-electron chi connectivity index (χ2n) is 6.26. The minimum absolute atomic E-state index is 0.224. The maximum absolute atomic E-state index is 14.3. The van der Waals surface area contributed by atoms with E-state index >= 15 is 0 Å². The minimum atomic E-state index is -0.511. The summed E-state index contributed by atoms with van der Waals surface area (Å²) in [6.07, 6.45) is 4.05. The van der Waals surface area contributed by atoms with E-state index in [0.717, 1.165) is 38.3 Å². The Balaban J connectivity index is 2.18. The van der Waals surface area contributed by atoms with Gasteiger partial charge in [0.25, 0.3) is 0 Å². The molecule has 4 heteroatoms. The third kappa shape index (κ3) is 4.01. The van der Waals surface area contributed by atoms with Crippen LogP contribution in [0.2, 0.25) is 0 Å². The number of hydrogen-bond acceptors (Lipinski definition) is 2. The van der Waals surface area contributed by atoms with Crippen LogP contribution in [0.3, 0.4) is 0 Å². The van der Waals surface area contributed by atoms with Crippen molar-refractivity contribution in [3.8, 4) is 0 Å². The number of rotatable bonds is 6. The zero-order valence-electron chi connectivity index (χ0n) is 12.9. The van der Waals surface area contributed by atoms with Crippen LogP contribution in [-0.4, -0.2) is 26.8 Å². The molecule has 1 aliphatic rings. The molecule has 118 valence electrons. The number of nitrogens with one attached hydrogen (secondary N) is 1. The van der Waals surface area contributed by atoms with Gasteiger partial charge in [-0.2, -0.15) is 0 Å². The molecule has 0 atom stereocenters. The van der Waals surface area contributed by atoms with E-state index in [2.05, 4.69) is 12.2 Å². The molecule has 1 N–H and O–H groups in total. The summed E-state index contributed by atoms with van der Waals surface area (Å²) in [7, 11) is 1.67. The smallest absolute Gasteiger partial charge is 0.129 e. The van der Waals surface area contributed by atoms with Crippen LogP contribution in [0.4, 0.5) is 8.78 Å². The first kappa shape index (κ1) is 16.4. The van der Waals surface area contributed by atoms with E-state index in [-0.39, 0.29) is 5.41 Å². The number of benzene rings is 1. The van der Waals surface area contributed by atoms with Crippen LogP contribution in [-0.2, 0) is 10.2 Å². The van der Waals surface area contributed by atoms with Gasteiger partial charge in [-0.3, -0.25) is 0 Å². The molecule has 1 fully saturated rings. The lowest BCUT2D eigenvalue weighted by Gasteiger charge is -2.40. The highest BCUT2D eigenvalue weighted by atomic mass is 19.1. The highest BCUT2D eigenvalue weighted by molar-refractivity contribution is 5.29. The van der Waals surface area contributed by atoms with Crippen molar-refractivity contribution in [3.63, 3.8) is 0 Å². The average Bonchev–Trinajstić information content (AvgIpc) is 2.46. The first-order valence-corrected chi connectivity index (χ1v) is 7.72. The topological polar surface area (TPSA) is 21.3 Å².